The second-order valence-electron chi connectivity index (χ2n) is 4.63. The molecule has 0 atom stereocenters. The molecule has 0 spiro atoms. The van der Waals surface area contributed by atoms with Gasteiger partial charge in [-0.25, -0.2) is 9.97 Å². The first-order valence-corrected chi connectivity index (χ1v) is 8.60. The molecule has 0 saturated carbocycles. The molecule has 0 aliphatic heterocycles. The van der Waals surface area contributed by atoms with E-state index in [0.717, 1.165) is 5.56 Å². The van der Waals surface area contributed by atoms with Gasteiger partial charge in [-0.3, -0.25) is 9.59 Å². The summed E-state index contributed by atoms with van der Waals surface area (Å²) in [6.07, 6.45) is 1.16. The van der Waals surface area contributed by atoms with Crippen LogP contribution >= 0.6 is 35.0 Å². The van der Waals surface area contributed by atoms with Gasteiger partial charge in [0, 0.05) is 17.3 Å². The van der Waals surface area contributed by atoms with Gasteiger partial charge in [0.15, 0.2) is 10.9 Å². The molecule has 1 amide bonds. The number of carbonyl (C=O) groups excluding carboxylic acids is 1. The third-order valence-electron chi connectivity index (χ3n) is 2.88. The number of amides is 1. The smallest absolute Gasteiger partial charge is 0.305 e. The van der Waals surface area contributed by atoms with Gasteiger partial charge < -0.3 is 10.4 Å². The van der Waals surface area contributed by atoms with Gasteiger partial charge in [-0.15, -0.1) is 0 Å². The second kappa shape index (κ2) is 8.86. The van der Waals surface area contributed by atoms with Crippen LogP contribution in [0.15, 0.2) is 35.6 Å². The topological polar surface area (TPSA) is 92.2 Å². The molecule has 2 rings (SSSR count). The lowest BCUT2D eigenvalue weighted by Crippen LogP contribution is -2.27. The van der Waals surface area contributed by atoms with Crippen LogP contribution in [0.1, 0.15) is 22.5 Å². The van der Waals surface area contributed by atoms with Crippen LogP contribution in [0.4, 0.5) is 0 Å². The summed E-state index contributed by atoms with van der Waals surface area (Å²) in [5.41, 5.74) is 0.939. The summed E-state index contributed by atoms with van der Waals surface area (Å²) in [7, 11) is 0. The molecule has 126 valence electrons. The van der Waals surface area contributed by atoms with Crippen molar-refractivity contribution in [2.45, 2.75) is 17.3 Å². The molecule has 2 aromatic rings. The van der Waals surface area contributed by atoms with E-state index >= 15 is 0 Å². The van der Waals surface area contributed by atoms with E-state index in [1.54, 1.807) is 6.07 Å². The first-order valence-electron chi connectivity index (χ1n) is 6.86. The minimum absolute atomic E-state index is 0.00338. The number of carboxylic acid groups (broad SMARTS) is 1. The highest BCUT2D eigenvalue weighted by Gasteiger charge is 2.15. The van der Waals surface area contributed by atoms with Crippen molar-refractivity contribution in [2.75, 3.05) is 6.54 Å². The Bertz CT molecular complexity index is 758. The van der Waals surface area contributed by atoms with Gasteiger partial charge in [0.05, 0.1) is 17.6 Å². The fourth-order valence-electron chi connectivity index (χ4n) is 1.70. The van der Waals surface area contributed by atoms with Crippen molar-refractivity contribution in [3.8, 4) is 0 Å². The average Bonchev–Trinajstić information content (AvgIpc) is 2.55. The van der Waals surface area contributed by atoms with Crippen LogP contribution in [0.5, 0.6) is 0 Å². The summed E-state index contributed by atoms with van der Waals surface area (Å²) in [6, 6.07) is 7.41. The van der Waals surface area contributed by atoms with Gasteiger partial charge in [0.2, 0.25) is 0 Å². The summed E-state index contributed by atoms with van der Waals surface area (Å²) in [6.45, 7) is -0.00338. The van der Waals surface area contributed by atoms with E-state index in [9.17, 15) is 9.59 Å². The maximum Gasteiger partial charge on any atom is 0.305 e. The number of benzene rings is 1. The number of hydrogen-bond acceptors (Lipinski definition) is 5. The minimum Gasteiger partial charge on any atom is -0.481 e. The van der Waals surface area contributed by atoms with Crippen molar-refractivity contribution in [2.24, 2.45) is 0 Å². The van der Waals surface area contributed by atoms with Crippen molar-refractivity contribution >= 4 is 46.8 Å². The van der Waals surface area contributed by atoms with Crippen molar-refractivity contribution in [1.29, 1.82) is 0 Å². The zero-order valence-corrected chi connectivity index (χ0v) is 14.7. The molecule has 6 nitrogen and oxygen atoms in total. The zero-order chi connectivity index (χ0) is 17.5. The molecule has 1 heterocycles. The lowest BCUT2D eigenvalue weighted by molar-refractivity contribution is -0.136. The summed E-state index contributed by atoms with van der Waals surface area (Å²) in [5.74, 6) is -0.996. The maximum atomic E-state index is 12.0. The van der Waals surface area contributed by atoms with E-state index in [1.165, 1.54) is 18.0 Å². The number of hydrogen-bond donors (Lipinski definition) is 2. The van der Waals surface area contributed by atoms with Crippen LogP contribution in [0.3, 0.4) is 0 Å². The van der Waals surface area contributed by atoms with E-state index in [4.69, 9.17) is 28.3 Å². The lowest BCUT2D eigenvalue weighted by Gasteiger charge is -2.07. The van der Waals surface area contributed by atoms with E-state index in [-0.39, 0.29) is 23.7 Å². The third kappa shape index (κ3) is 5.36. The second-order valence-corrected chi connectivity index (χ2v) is 6.39. The normalized spacial score (nSPS) is 10.4. The number of thioether (sulfide) groups is 1. The number of nitrogens with zero attached hydrogens (tertiary/aromatic N) is 2. The van der Waals surface area contributed by atoms with Crippen molar-refractivity contribution in [3.63, 3.8) is 0 Å². The highest BCUT2D eigenvalue weighted by Crippen LogP contribution is 2.25. The summed E-state index contributed by atoms with van der Waals surface area (Å²) in [4.78, 5) is 30.7. The molecule has 1 aromatic heterocycles. The van der Waals surface area contributed by atoms with Crippen LogP contribution < -0.4 is 5.32 Å². The largest absolute Gasteiger partial charge is 0.481 e. The number of nitrogens with one attached hydrogen (secondary N) is 1. The van der Waals surface area contributed by atoms with Gasteiger partial charge in [-0.2, -0.15) is 0 Å². The molecule has 0 fully saturated rings. The highest BCUT2D eigenvalue weighted by molar-refractivity contribution is 7.98. The monoisotopic (exact) mass is 385 g/mol. The Morgan fingerprint density at radius 2 is 1.96 bits per heavy atom. The SMILES string of the molecule is O=C(O)CCNC(=O)c1nc(SCc2ccccc2Cl)ncc1Cl. The summed E-state index contributed by atoms with van der Waals surface area (Å²) >= 11 is 13.4. The van der Waals surface area contributed by atoms with E-state index < -0.39 is 11.9 Å². The molecule has 24 heavy (non-hydrogen) atoms. The molecule has 9 heteroatoms. The van der Waals surface area contributed by atoms with Crippen LogP contribution in [0, 0.1) is 0 Å². The first-order chi connectivity index (χ1) is 11.5. The van der Waals surface area contributed by atoms with Crippen molar-refractivity contribution < 1.29 is 14.7 Å². The number of aliphatic carboxylic acids is 1. The van der Waals surface area contributed by atoms with E-state index in [2.05, 4.69) is 15.3 Å². The number of carboxylic acids is 1. The minimum atomic E-state index is -1.000. The molecular weight excluding hydrogens is 373 g/mol. The predicted octanol–water partition coefficient (Wildman–Crippen LogP) is 3.28. The maximum absolute atomic E-state index is 12.0. The quantitative estimate of drug-likeness (QED) is 0.561. The molecule has 2 N–H and O–H groups in total. The summed E-state index contributed by atoms with van der Waals surface area (Å²) in [5, 5.41) is 12.2. The Balaban J connectivity index is 2.03. The number of halogens is 2. The molecule has 0 bridgehead atoms. The fourth-order valence-corrected chi connectivity index (χ4v) is 2.98. The van der Waals surface area contributed by atoms with E-state index in [0.29, 0.717) is 15.9 Å². The Morgan fingerprint density at radius 1 is 1.21 bits per heavy atom. The molecule has 0 unspecified atom stereocenters. The zero-order valence-electron chi connectivity index (χ0n) is 12.3. The van der Waals surface area contributed by atoms with E-state index in [1.807, 2.05) is 18.2 Å². The standard InChI is InChI=1S/C15H13Cl2N3O3S/c16-10-4-2-1-3-9(10)8-24-15-19-7-11(17)13(20-15)14(23)18-6-5-12(21)22/h1-4,7H,5-6,8H2,(H,18,23)(H,21,22). The van der Waals surface area contributed by atoms with Gasteiger partial charge >= 0.3 is 5.97 Å². The molecular formula is C15H13Cl2N3O3S. The lowest BCUT2D eigenvalue weighted by atomic mass is 10.2. The molecule has 0 aliphatic rings. The predicted molar refractivity (Wildman–Crippen MR) is 92.6 cm³/mol. The van der Waals surface area contributed by atoms with Crippen LogP contribution in [0.2, 0.25) is 10.0 Å². The van der Waals surface area contributed by atoms with Crippen molar-refractivity contribution in [3.05, 3.63) is 51.8 Å². The average molecular weight is 386 g/mol. The van der Waals surface area contributed by atoms with Crippen LogP contribution in [-0.4, -0.2) is 33.5 Å². The van der Waals surface area contributed by atoms with Gasteiger partial charge in [0.25, 0.3) is 5.91 Å². The molecule has 1 aromatic carbocycles. The van der Waals surface area contributed by atoms with Crippen LogP contribution in [-0.2, 0) is 10.5 Å². The van der Waals surface area contributed by atoms with Crippen molar-refractivity contribution in [1.82, 2.24) is 15.3 Å². The third-order valence-corrected chi connectivity index (χ3v) is 4.43. The number of rotatable bonds is 7. The number of aromatic nitrogens is 2. The summed E-state index contributed by atoms with van der Waals surface area (Å²) < 4.78 is 0. The molecule has 0 radical (unpaired) electrons. The highest BCUT2D eigenvalue weighted by atomic mass is 35.5. The number of carbonyl (C=O) groups is 2. The Labute approximate surface area is 152 Å². The molecule has 0 aliphatic carbocycles. The first kappa shape index (κ1) is 18.5. The van der Waals surface area contributed by atoms with Crippen LogP contribution in [0.25, 0.3) is 0 Å². The van der Waals surface area contributed by atoms with Gasteiger partial charge in [0.1, 0.15) is 0 Å². The van der Waals surface area contributed by atoms with Gasteiger partial charge in [-0.1, -0.05) is 53.2 Å². The molecule has 0 saturated heterocycles. The fraction of sp³-hybridized carbons (Fsp3) is 0.200. The van der Waals surface area contributed by atoms with Gasteiger partial charge in [-0.05, 0) is 11.6 Å². The Hall–Kier alpha value is -1.83. The Kier molecular flexibility index (Phi) is 6.84. The Morgan fingerprint density at radius 3 is 2.67 bits per heavy atom.